The first-order valence-electron chi connectivity index (χ1n) is 9.81. The minimum absolute atomic E-state index is 0.0170. The lowest BCUT2D eigenvalue weighted by Gasteiger charge is -2.16. The second-order valence-corrected chi connectivity index (χ2v) is 7.86. The normalized spacial score (nSPS) is 16.6. The van der Waals surface area contributed by atoms with Crippen molar-refractivity contribution in [3.63, 3.8) is 0 Å². The molecule has 2 heterocycles. The summed E-state index contributed by atoms with van der Waals surface area (Å²) in [5, 5.41) is 3.78. The SMILES string of the molecule is Cc1cc(C)cc(NC(=O)[C@@H]2CC(=O)N(CCc3c[nH]c4ccc(F)cc34)C2)c1. The highest BCUT2D eigenvalue weighted by molar-refractivity contribution is 5.97. The van der Waals surface area contributed by atoms with Crippen molar-refractivity contribution in [2.24, 2.45) is 5.92 Å². The van der Waals surface area contributed by atoms with Crippen LogP contribution in [0.4, 0.5) is 10.1 Å². The summed E-state index contributed by atoms with van der Waals surface area (Å²) in [7, 11) is 0. The summed E-state index contributed by atoms with van der Waals surface area (Å²) in [6.45, 7) is 4.89. The van der Waals surface area contributed by atoms with E-state index < -0.39 is 0 Å². The molecular formula is C23H24FN3O2. The zero-order chi connectivity index (χ0) is 20.5. The fourth-order valence-electron chi connectivity index (χ4n) is 4.07. The minimum Gasteiger partial charge on any atom is -0.361 e. The van der Waals surface area contributed by atoms with E-state index in [4.69, 9.17) is 0 Å². The molecule has 1 saturated heterocycles. The first kappa shape index (κ1) is 19.2. The van der Waals surface area contributed by atoms with E-state index in [0.29, 0.717) is 19.5 Å². The molecule has 6 heteroatoms. The van der Waals surface area contributed by atoms with E-state index in [9.17, 15) is 14.0 Å². The van der Waals surface area contributed by atoms with Crippen molar-refractivity contribution in [3.8, 4) is 0 Å². The van der Waals surface area contributed by atoms with Gasteiger partial charge in [-0.1, -0.05) is 6.07 Å². The molecule has 0 aliphatic carbocycles. The highest BCUT2D eigenvalue weighted by atomic mass is 19.1. The van der Waals surface area contributed by atoms with Crippen molar-refractivity contribution >= 4 is 28.4 Å². The van der Waals surface area contributed by atoms with E-state index in [2.05, 4.69) is 10.3 Å². The summed E-state index contributed by atoms with van der Waals surface area (Å²) in [5.41, 5.74) is 4.77. The second-order valence-electron chi connectivity index (χ2n) is 7.86. The maximum atomic E-state index is 13.5. The number of anilines is 1. The maximum absolute atomic E-state index is 13.5. The molecule has 0 radical (unpaired) electrons. The Hall–Kier alpha value is -3.15. The molecule has 1 aliphatic heterocycles. The number of hydrogen-bond donors (Lipinski definition) is 2. The van der Waals surface area contributed by atoms with Gasteiger partial charge >= 0.3 is 0 Å². The first-order chi connectivity index (χ1) is 13.9. The van der Waals surface area contributed by atoms with Crippen molar-refractivity contribution in [2.75, 3.05) is 18.4 Å². The van der Waals surface area contributed by atoms with Gasteiger partial charge in [-0.05, 0) is 67.3 Å². The monoisotopic (exact) mass is 393 g/mol. The molecule has 150 valence electrons. The third kappa shape index (κ3) is 4.16. The van der Waals surface area contributed by atoms with Gasteiger partial charge in [-0.2, -0.15) is 0 Å². The fourth-order valence-corrected chi connectivity index (χ4v) is 4.07. The zero-order valence-electron chi connectivity index (χ0n) is 16.6. The Kier molecular flexibility index (Phi) is 5.09. The number of halogens is 1. The van der Waals surface area contributed by atoms with Gasteiger partial charge in [0, 0.05) is 42.3 Å². The molecule has 0 saturated carbocycles. The molecule has 3 aromatic rings. The van der Waals surface area contributed by atoms with Gasteiger partial charge < -0.3 is 15.2 Å². The van der Waals surface area contributed by atoms with Crippen LogP contribution in [-0.2, 0) is 16.0 Å². The van der Waals surface area contributed by atoms with Gasteiger partial charge in [-0.15, -0.1) is 0 Å². The van der Waals surface area contributed by atoms with Crippen LogP contribution in [0.25, 0.3) is 10.9 Å². The molecule has 1 fully saturated rings. The number of aromatic amines is 1. The molecule has 1 aliphatic rings. The predicted octanol–water partition coefficient (Wildman–Crippen LogP) is 3.95. The Labute approximate surface area is 168 Å². The third-order valence-corrected chi connectivity index (χ3v) is 5.46. The van der Waals surface area contributed by atoms with Crippen LogP contribution in [0, 0.1) is 25.6 Å². The van der Waals surface area contributed by atoms with Gasteiger partial charge in [0.05, 0.1) is 5.92 Å². The molecule has 2 N–H and O–H groups in total. The number of nitrogens with zero attached hydrogens (tertiary/aromatic N) is 1. The molecule has 0 bridgehead atoms. The average molecular weight is 393 g/mol. The van der Waals surface area contributed by atoms with Crippen molar-refractivity contribution in [1.29, 1.82) is 0 Å². The smallest absolute Gasteiger partial charge is 0.229 e. The number of nitrogens with one attached hydrogen (secondary N) is 2. The largest absolute Gasteiger partial charge is 0.361 e. The first-order valence-corrected chi connectivity index (χ1v) is 9.81. The number of carbonyl (C=O) groups is 2. The Morgan fingerprint density at radius 2 is 1.97 bits per heavy atom. The molecule has 2 amide bonds. The van der Waals surface area contributed by atoms with Crippen molar-refractivity contribution in [1.82, 2.24) is 9.88 Å². The Balaban J connectivity index is 1.38. The number of rotatable bonds is 5. The minimum atomic E-state index is -0.358. The third-order valence-electron chi connectivity index (χ3n) is 5.46. The van der Waals surface area contributed by atoms with Gasteiger partial charge in [0.15, 0.2) is 0 Å². The average Bonchev–Trinajstić information content (AvgIpc) is 3.22. The lowest BCUT2D eigenvalue weighted by Crippen LogP contribution is -2.30. The number of carbonyl (C=O) groups excluding carboxylic acids is 2. The van der Waals surface area contributed by atoms with E-state index >= 15 is 0 Å². The fraction of sp³-hybridized carbons (Fsp3) is 0.304. The van der Waals surface area contributed by atoms with Gasteiger partial charge in [-0.3, -0.25) is 9.59 Å². The van der Waals surface area contributed by atoms with Crippen LogP contribution >= 0.6 is 0 Å². The summed E-state index contributed by atoms with van der Waals surface area (Å²) in [6, 6.07) is 10.5. The Morgan fingerprint density at radius 1 is 1.21 bits per heavy atom. The van der Waals surface area contributed by atoms with Crippen molar-refractivity contribution in [3.05, 3.63) is 65.1 Å². The number of hydrogen-bond acceptors (Lipinski definition) is 2. The number of aryl methyl sites for hydroxylation is 2. The van der Waals surface area contributed by atoms with E-state index in [1.165, 1.54) is 12.1 Å². The van der Waals surface area contributed by atoms with Crippen LogP contribution in [0.15, 0.2) is 42.6 Å². The molecule has 2 aromatic carbocycles. The topological polar surface area (TPSA) is 65.2 Å². The van der Waals surface area contributed by atoms with Crippen molar-refractivity contribution in [2.45, 2.75) is 26.7 Å². The number of likely N-dealkylation sites (tertiary alicyclic amines) is 1. The maximum Gasteiger partial charge on any atom is 0.229 e. The highest BCUT2D eigenvalue weighted by Crippen LogP contribution is 2.24. The molecule has 29 heavy (non-hydrogen) atoms. The summed E-state index contributed by atoms with van der Waals surface area (Å²) >= 11 is 0. The van der Waals surface area contributed by atoms with Crippen molar-refractivity contribution < 1.29 is 14.0 Å². The van der Waals surface area contributed by atoms with E-state index in [0.717, 1.165) is 33.3 Å². The predicted molar refractivity (Wildman–Crippen MR) is 111 cm³/mol. The number of H-pyrrole nitrogens is 1. The summed E-state index contributed by atoms with van der Waals surface area (Å²) in [6.07, 6.45) is 2.69. The van der Waals surface area contributed by atoms with Crippen LogP contribution in [-0.4, -0.2) is 34.8 Å². The molecule has 1 aromatic heterocycles. The quantitative estimate of drug-likeness (QED) is 0.689. The highest BCUT2D eigenvalue weighted by Gasteiger charge is 2.34. The van der Waals surface area contributed by atoms with Gasteiger partial charge in [0.2, 0.25) is 11.8 Å². The number of aromatic nitrogens is 1. The Bertz CT molecular complexity index is 1070. The molecule has 1 atom stereocenters. The van der Waals surface area contributed by atoms with E-state index in [1.54, 1.807) is 11.0 Å². The van der Waals surface area contributed by atoms with Crippen LogP contribution in [0.1, 0.15) is 23.1 Å². The van der Waals surface area contributed by atoms with E-state index in [-0.39, 0.29) is 30.0 Å². The summed E-state index contributed by atoms with van der Waals surface area (Å²) < 4.78 is 13.5. The zero-order valence-corrected chi connectivity index (χ0v) is 16.6. The van der Waals surface area contributed by atoms with Gasteiger partial charge in [0.25, 0.3) is 0 Å². The van der Waals surface area contributed by atoms with E-state index in [1.807, 2.05) is 38.2 Å². The summed E-state index contributed by atoms with van der Waals surface area (Å²) in [4.78, 5) is 29.9. The van der Waals surface area contributed by atoms with Gasteiger partial charge in [0.1, 0.15) is 5.82 Å². The van der Waals surface area contributed by atoms with Crippen LogP contribution in [0.3, 0.4) is 0 Å². The lowest BCUT2D eigenvalue weighted by atomic mass is 10.1. The second kappa shape index (κ2) is 7.70. The molecule has 4 rings (SSSR count). The van der Waals surface area contributed by atoms with Gasteiger partial charge in [-0.25, -0.2) is 4.39 Å². The molecular weight excluding hydrogens is 369 g/mol. The number of fused-ring (bicyclic) bond motifs is 1. The lowest BCUT2D eigenvalue weighted by molar-refractivity contribution is -0.128. The molecule has 5 nitrogen and oxygen atoms in total. The number of benzene rings is 2. The number of amides is 2. The summed E-state index contributed by atoms with van der Waals surface area (Å²) in [5.74, 6) is -0.779. The standard InChI is InChI=1S/C23H24FN3O2/c1-14-7-15(2)9-19(8-14)26-23(29)17-10-22(28)27(13-17)6-5-16-12-25-21-4-3-18(24)11-20(16)21/h3-4,7-9,11-12,17,25H,5-6,10,13H2,1-2H3,(H,26,29)/t17-/m1/s1. The Morgan fingerprint density at radius 3 is 2.72 bits per heavy atom. The van der Waals surface area contributed by atoms with Crippen LogP contribution < -0.4 is 5.32 Å². The molecule has 0 unspecified atom stereocenters. The van der Waals surface area contributed by atoms with Crippen LogP contribution in [0.2, 0.25) is 0 Å². The molecule has 0 spiro atoms. The van der Waals surface area contributed by atoms with Crippen LogP contribution in [0.5, 0.6) is 0 Å².